The lowest BCUT2D eigenvalue weighted by molar-refractivity contribution is 0.357. The SMILES string of the molecule is CCNc1cc(C2CC2)nc(-c2ccc3c(c2)CCO3)n1. The predicted octanol–water partition coefficient (Wildman–Crippen LogP) is 3.39. The maximum absolute atomic E-state index is 5.57. The summed E-state index contributed by atoms with van der Waals surface area (Å²) in [4.78, 5) is 9.45. The molecule has 0 bridgehead atoms. The molecule has 0 atom stereocenters. The van der Waals surface area contributed by atoms with Crippen LogP contribution in [-0.4, -0.2) is 23.1 Å². The Bertz CT molecular complexity index is 680. The fourth-order valence-electron chi connectivity index (χ4n) is 2.78. The molecule has 108 valence electrons. The zero-order valence-electron chi connectivity index (χ0n) is 12.2. The van der Waals surface area contributed by atoms with E-state index in [4.69, 9.17) is 9.72 Å². The minimum Gasteiger partial charge on any atom is -0.493 e. The normalized spacial score (nSPS) is 16.4. The molecule has 4 heteroatoms. The number of anilines is 1. The smallest absolute Gasteiger partial charge is 0.161 e. The molecule has 2 aliphatic rings. The van der Waals surface area contributed by atoms with Crippen LogP contribution < -0.4 is 10.1 Å². The standard InChI is InChI=1S/C17H19N3O/c1-2-18-16-10-14(11-3-4-11)19-17(20-16)13-5-6-15-12(9-13)7-8-21-15/h5-6,9-11H,2-4,7-8H2,1H3,(H,18,19,20). The van der Waals surface area contributed by atoms with Gasteiger partial charge in [0.1, 0.15) is 11.6 Å². The molecule has 0 amide bonds. The van der Waals surface area contributed by atoms with Gasteiger partial charge in [-0.15, -0.1) is 0 Å². The molecule has 21 heavy (non-hydrogen) atoms. The van der Waals surface area contributed by atoms with E-state index in [1.165, 1.54) is 24.1 Å². The molecular weight excluding hydrogens is 262 g/mol. The number of nitrogens with zero attached hydrogens (tertiary/aromatic N) is 2. The van der Waals surface area contributed by atoms with E-state index < -0.39 is 0 Å². The van der Waals surface area contributed by atoms with Gasteiger partial charge in [-0.2, -0.15) is 0 Å². The maximum atomic E-state index is 5.57. The number of benzene rings is 1. The van der Waals surface area contributed by atoms with E-state index in [2.05, 4.69) is 35.4 Å². The van der Waals surface area contributed by atoms with E-state index in [0.717, 1.165) is 42.5 Å². The van der Waals surface area contributed by atoms with Crippen LogP contribution in [0.25, 0.3) is 11.4 Å². The van der Waals surface area contributed by atoms with Gasteiger partial charge in [0, 0.05) is 36.2 Å². The van der Waals surface area contributed by atoms with E-state index in [-0.39, 0.29) is 0 Å². The topological polar surface area (TPSA) is 47.0 Å². The van der Waals surface area contributed by atoms with Crippen molar-refractivity contribution in [3.63, 3.8) is 0 Å². The van der Waals surface area contributed by atoms with Crippen molar-refractivity contribution in [3.8, 4) is 17.1 Å². The first-order valence-electron chi connectivity index (χ1n) is 7.72. The minimum atomic E-state index is 0.627. The summed E-state index contributed by atoms with van der Waals surface area (Å²) in [5.74, 6) is 3.39. The third-order valence-corrected chi connectivity index (χ3v) is 4.05. The van der Waals surface area contributed by atoms with Crippen molar-refractivity contribution in [1.29, 1.82) is 0 Å². The van der Waals surface area contributed by atoms with E-state index in [1.807, 2.05) is 6.07 Å². The summed E-state index contributed by atoms with van der Waals surface area (Å²) in [7, 11) is 0. The van der Waals surface area contributed by atoms with Gasteiger partial charge < -0.3 is 10.1 Å². The van der Waals surface area contributed by atoms with Crippen LogP contribution in [0.4, 0.5) is 5.82 Å². The van der Waals surface area contributed by atoms with Gasteiger partial charge in [0.2, 0.25) is 0 Å². The van der Waals surface area contributed by atoms with E-state index in [9.17, 15) is 0 Å². The number of fused-ring (bicyclic) bond motifs is 1. The predicted molar refractivity (Wildman–Crippen MR) is 82.8 cm³/mol. The Labute approximate surface area is 124 Å². The van der Waals surface area contributed by atoms with Gasteiger partial charge in [0.25, 0.3) is 0 Å². The van der Waals surface area contributed by atoms with Gasteiger partial charge in [0.15, 0.2) is 5.82 Å². The van der Waals surface area contributed by atoms with Crippen LogP contribution in [0.15, 0.2) is 24.3 Å². The highest BCUT2D eigenvalue weighted by Gasteiger charge is 2.26. The van der Waals surface area contributed by atoms with Gasteiger partial charge in [-0.05, 0) is 43.5 Å². The molecule has 1 fully saturated rings. The summed E-state index contributed by atoms with van der Waals surface area (Å²) < 4.78 is 5.57. The molecule has 0 unspecified atom stereocenters. The average Bonchev–Trinajstić information content (AvgIpc) is 3.25. The summed E-state index contributed by atoms with van der Waals surface area (Å²) in [6.07, 6.45) is 3.48. The lowest BCUT2D eigenvalue weighted by atomic mass is 10.1. The second-order valence-corrected chi connectivity index (χ2v) is 5.73. The molecule has 4 nitrogen and oxygen atoms in total. The molecule has 1 aliphatic carbocycles. The fraction of sp³-hybridized carbons (Fsp3) is 0.412. The zero-order chi connectivity index (χ0) is 14.2. The molecule has 0 radical (unpaired) electrons. The number of rotatable bonds is 4. The first-order chi connectivity index (χ1) is 10.3. The fourth-order valence-corrected chi connectivity index (χ4v) is 2.78. The lowest BCUT2D eigenvalue weighted by Gasteiger charge is -2.09. The van der Waals surface area contributed by atoms with Crippen LogP contribution in [0, 0.1) is 0 Å². The Morgan fingerprint density at radius 2 is 2.14 bits per heavy atom. The number of aromatic nitrogens is 2. The highest BCUT2D eigenvalue weighted by molar-refractivity contribution is 5.61. The van der Waals surface area contributed by atoms with Crippen molar-refractivity contribution in [2.75, 3.05) is 18.5 Å². The van der Waals surface area contributed by atoms with Crippen molar-refractivity contribution in [3.05, 3.63) is 35.5 Å². The molecule has 1 aliphatic heterocycles. The first-order valence-corrected chi connectivity index (χ1v) is 7.72. The van der Waals surface area contributed by atoms with E-state index in [0.29, 0.717) is 5.92 Å². The van der Waals surface area contributed by atoms with Crippen molar-refractivity contribution in [2.45, 2.75) is 32.1 Å². The summed E-state index contributed by atoms with van der Waals surface area (Å²) in [5.41, 5.74) is 3.52. The van der Waals surface area contributed by atoms with Crippen molar-refractivity contribution in [2.24, 2.45) is 0 Å². The van der Waals surface area contributed by atoms with Crippen LogP contribution in [0.2, 0.25) is 0 Å². The Hall–Kier alpha value is -2.10. The van der Waals surface area contributed by atoms with Crippen molar-refractivity contribution >= 4 is 5.82 Å². The lowest BCUT2D eigenvalue weighted by Crippen LogP contribution is -2.03. The number of ether oxygens (including phenoxy) is 1. The quantitative estimate of drug-likeness (QED) is 0.933. The zero-order valence-corrected chi connectivity index (χ0v) is 12.2. The molecule has 1 saturated carbocycles. The molecule has 0 saturated heterocycles. The monoisotopic (exact) mass is 281 g/mol. The average molecular weight is 281 g/mol. The number of nitrogens with one attached hydrogen (secondary N) is 1. The molecule has 1 aromatic heterocycles. The first kappa shape index (κ1) is 12.6. The molecule has 1 aromatic carbocycles. The van der Waals surface area contributed by atoms with Crippen LogP contribution in [0.5, 0.6) is 5.75 Å². The molecule has 2 aromatic rings. The van der Waals surface area contributed by atoms with Crippen LogP contribution >= 0.6 is 0 Å². The Morgan fingerprint density at radius 3 is 2.95 bits per heavy atom. The van der Waals surface area contributed by atoms with E-state index >= 15 is 0 Å². The largest absolute Gasteiger partial charge is 0.493 e. The Kier molecular flexibility index (Phi) is 3.02. The Morgan fingerprint density at radius 1 is 1.24 bits per heavy atom. The van der Waals surface area contributed by atoms with Crippen LogP contribution in [0.1, 0.15) is 36.9 Å². The van der Waals surface area contributed by atoms with Crippen LogP contribution in [0.3, 0.4) is 0 Å². The number of hydrogen-bond donors (Lipinski definition) is 1. The van der Waals surface area contributed by atoms with Gasteiger partial charge in [-0.25, -0.2) is 9.97 Å². The highest BCUT2D eigenvalue weighted by Crippen LogP contribution is 2.40. The third kappa shape index (κ3) is 2.46. The highest BCUT2D eigenvalue weighted by atomic mass is 16.5. The van der Waals surface area contributed by atoms with E-state index in [1.54, 1.807) is 0 Å². The summed E-state index contributed by atoms with van der Waals surface area (Å²) in [5, 5.41) is 3.32. The molecule has 1 N–H and O–H groups in total. The molecular formula is C17H19N3O. The van der Waals surface area contributed by atoms with Gasteiger partial charge >= 0.3 is 0 Å². The van der Waals surface area contributed by atoms with Crippen LogP contribution in [-0.2, 0) is 6.42 Å². The molecule has 2 heterocycles. The Balaban J connectivity index is 1.76. The summed E-state index contributed by atoms with van der Waals surface area (Å²) in [6.45, 7) is 3.74. The maximum Gasteiger partial charge on any atom is 0.161 e. The van der Waals surface area contributed by atoms with Crippen molar-refractivity contribution < 1.29 is 4.74 Å². The summed E-state index contributed by atoms with van der Waals surface area (Å²) >= 11 is 0. The van der Waals surface area contributed by atoms with Gasteiger partial charge in [0.05, 0.1) is 6.61 Å². The summed E-state index contributed by atoms with van der Waals surface area (Å²) in [6, 6.07) is 8.37. The second-order valence-electron chi connectivity index (χ2n) is 5.73. The molecule has 4 rings (SSSR count). The van der Waals surface area contributed by atoms with Gasteiger partial charge in [-0.1, -0.05) is 0 Å². The third-order valence-electron chi connectivity index (χ3n) is 4.05. The molecule has 0 spiro atoms. The van der Waals surface area contributed by atoms with Gasteiger partial charge in [-0.3, -0.25) is 0 Å². The minimum absolute atomic E-state index is 0.627. The number of hydrogen-bond acceptors (Lipinski definition) is 4. The second kappa shape index (κ2) is 5.02. The van der Waals surface area contributed by atoms with Crippen molar-refractivity contribution in [1.82, 2.24) is 9.97 Å².